The molecule has 5 heteroatoms. The molecule has 0 aliphatic heterocycles. The fourth-order valence-electron chi connectivity index (χ4n) is 3.89. The van der Waals surface area contributed by atoms with E-state index >= 15 is 0 Å². The van der Waals surface area contributed by atoms with Crippen LogP contribution in [0.4, 0.5) is 5.95 Å². The van der Waals surface area contributed by atoms with Crippen LogP contribution in [0.25, 0.3) is 22.2 Å². The van der Waals surface area contributed by atoms with Crippen molar-refractivity contribution in [3.05, 3.63) is 72.3 Å². The molecule has 0 saturated heterocycles. The Balaban J connectivity index is 1.53. The van der Waals surface area contributed by atoms with Gasteiger partial charge in [0, 0.05) is 40.8 Å². The smallest absolute Gasteiger partial charge is 0.219 e. The minimum absolute atomic E-state index is 0.0438. The minimum atomic E-state index is 0.0438. The van der Waals surface area contributed by atoms with Gasteiger partial charge in [-0.05, 0) is 42.0 Å². The van der Waals surface area contributed by atoms with Gasteiger partial charge in [-0.3, -0.25) is 4.98 Å². The largest absolute Gasteiger partial charge is 0.368 e. The number of nitrogens with zero attached hydrogens (tertiary/aromatic N) is 3. The summed E-state index contributed by atoms with van der Waals surface area (Å²) in [5.41, 5.74) is 11.1. The topological polar surface area (TPSA) is 80.5 Å². The van der Waals surface area contributed by atoms with Crippen molar-refractivity contribution in [1.82, 2.24) is 19.9 Å². The zero-order valence-electron chi connectivity index (χ0n) is 14.3. The lowest BCUT2D eigenvalue weighted by molar-refractivity contribution is 0.294. The second-order valence-electron chi connectivity index (χ2n) is 6.97. The van der Waals surface area contributed by atoms with E-state index in [-0.39, 0.29) is 11.4 Å². The van der Waals surface area contributed by atoms with Gasteiger partial charge in [0.25, 0.3) is 0 Å². The van der Waals surface area contributed by atoms with Gasteiger partial charge in [-0.15, -0.1) is 0 Å². The van der Waals surface area contributed by atoms with Crippen LogP contribution in [0.1, 0.15) is 30.5 Å². The third-order valence-electron chi connectivity index (χ3n) is 5.54. The van der Waals surface area contributed by atoms with E-state index in [2.05, 4.69) is 56.3 Å². The number of H-pyrrole nitrogens is 1. The number of aromatic amines is 1. The normalized spacial score (nSPS) is 15.7. The average Bonchev–Trinajstić information content (AvgIpc) is 3.06. The summed E-state index contributed by atoms with van der Waals surface area (Å²) >= 11 is 0. The molecule has 5 nitrogen and oxygen atoms in total. The molecule has 128 valence electrons. The summed E-state index contributed by atoms with van der Waals surface area (Å²) in [6.07, 6.45) is 8.94. The maximum Gasteiger partial charge on any atom is 0.219 e. The van der Waals surface area contributed by atoms with E-state index in [4.69, 9.17) is 5.73 Å². The molecule has 0 amide bonds. The molecule has 3 aromatic heterocycles. The molecule has 1 aliphatic carbocycles. The summed E-state index contributed by atoms with van der Waals surface area (Å²) in [6, 6.07) is 15.0. The van der Waals surface area contributed by atoms with Crippen LogP contribution >= 0.6 is 0 Å². The first-order valence-corrected chi connectivity index (χ1v) is 8.87. The van der Waals surface area contributed by atoms with Crippen LogP contribution in [0.15, 0.2) is 61.1 Å². The van der Waals surface area contributed by atoms with E-state index in [1.54, 1.807) is 12.4 Å². The highest BCUT2D eigenvalue weighted by Gasteiger charge is 2.41. The Morgan fingerprint density at radius 2 is 1.73 bits per heavy atom. The summed E-state index contributed by atoms with van der Waals surface area (Å²) < 4.78 is 0. The van der Waals surface area contributed by atoms with Gasteiger partial charge in [-0.25, -0.2) is 9.97 Å². The van der Waals surface area contributed by atoms with Crippen LogP contribution in [0, 0.1) is 0 Å². The van der Waals surface area contributed by atoms with Crippen LogP contribution in [0.3, 0.4) is 0 Å². The molecule has 3 heterocycles. The zero-order chi connectivity index (χ0) is 17.6. The highest BCUT2D eigenvalue weighted by molar-refractivity contribution is 5.81. The van der Waals surface area contributed by atoms with Crippen LogP contribution in [-0.4, -0.2) is 19.9 Å². The van der Waals surface area contributed by atoms with E-state index in [1.807, 2.05) is 12.3 Å². The number of rotatable bonds is 3. The van der Waals surface area contributed by atoms with Crippen molar-refractivity contribution in [2.45, 2.75) is 24.7 Å². The van der Waals surface area contributed by atoms with E-state index < -0.39 is 0 Å². The highest BCUT2D eigenvalue weighted by Crippen LogP contribution is 2.49. The van der Waals surface area contributed by atoms with Crippen molar-refractivity contribution in [3.8, 4) is 11.3 Å². The van der Waals surface area contributed by atoms with Crippen molar-refractivity contribution in [1.29, 1.82) is 0 Å². The maximum atomic E-state index is 5.56. The number of nitrogens with two attached hydrogens (primary N) is 1. The summed E-state index contributed by atoms with van der Waals surface area (Å²) in [5.74, 6) is 0.276. The van der Waals surface area contributed by atoms with Crippen molar-refractivity contribution >= 4 is 16.9 Å². The molecule has 0 unspecified atom stereocenters. The second-order valence-corrected chi connectivity index (χ2v) is 6.97. The predicted molar refractivity (Wildman–Crippen MR) is 103 cm³/mol. The lowest BCUT2D eigenvalue weighted by Gasteiger charge is -2.41. The third kappa shape index (κ3) is 2.28. The molecule has 4 aromatic rings. The van der Waals surface area contributed by atoms with Crippen LogP contribution < -0.4 is 5.73 Å². The summed E-state index contributed by atoms with van der Waals surface area (Å²) in [5, 5.41) is 1.26. The van der Waals surface area contributed by atoms with Gasteiger partial charge in [0.1, 0.15) is 0 Å². The number of para-hydroxylation sites is 1. The summed E-state index contributed by atoms with van der Waals surface area (Å²) in [7, 11) is 0. The van der Waals surface area contributed by atoms with E-state index in [0.29, 0.717) is 0 Å². The van der Waals surface area contributed by atoms with Crippen LogP contribution in [0.5, 0.6) is 0 Å². The molecule has 1 aromatic carbocycles. The number of hydrogen-bond acceptors (Lipinski definition) is 4. The van der Waals surface area contributed by atoms with Gasteiger partial charge in [-0.1, -0.05) is 30.7 Å². The molecule has 1 fully saturated rings. The Hall–Kier alpha value is -3.21. The first-order chi connectivity index (χ1) is 12.7. The van der Waals surface area contributed by atoms with Crippen LogP contribution in [0.2, 0.25) is 0 Å². The van der Waals surface area contributed by atoms with E-state index in [1.165, 1.54) is 28.6 Å². The minimum Gasteiger partial charge on any atom is -0.368 e. The molecule has 0 bridgehead atoms. The van der Waals surface area contributed by atoms with Gasteiger partial charge in [0.15, 0.2) is 0 Å². The number of anilines is 1. The van der Waals surface area contributed by atoms with Gasteiger partial charge < -0.3 is 10.7 Å². The molecule has 26 heavy (non-hydrogen) atoms. The van der Waals surface area contributed by atoms with Crippen molar-refractivity contribution in [3.63, 3.8) is 0 Å². The van der Waals surface area contributed by atoms with E-state index in [9.17, 15) is 0 Å². The fourth-order valence-corrected chi connectivity index (χ4v) is 3.89. The van der Waals surface area contributed by atoms with Gasteiger partial charge in [0.2, 0.25) is 5.95 Å². The molecule has 3 N–H and O–H groups in total. The Morgan fingerprint density at radius 1 is 0.923 bits per heavy atom. The number of hydrogen-bond donors (Lipinski definition) is 2. The Morgan fingerprint density at radius 3 is 2.38 bits per heavy atom. The number of benzene rings is 1. The predicted octanol–water partition coefficient (Wildman–Crippen LogP) is 4.07. The number of aromatic nitrogens is 4. The van der Waals surface area contributed by atoms with E-state index in [0.717, 1.165) is 24.1 Å². The van der Waals surface area contributed by atoms with Crippen molar-refractivity contribution < 1.29 is 0 Å². The lowest BCUT2D eigenvalue weighted by atomic mass is 9.63. The molecular weight excluding hydrogens is 322 g/mol. The number of fused-ring (bicyclic) bond motifs is 1. The first-order valence-electron chi connectivity index (χ1n) is 8.87. The number of nitrogen functional groups attached to an aromatic ring is 1. The zero-order valence-corrected chi connectivity index (χ0v) is 14.3. The quantitative estimate of drug-likeness (QED) is 0.588. The Kier molecular flexibility index (Phi) is 3.28. The standard InChI is InChI=1S/C21H19N5/c22-20-24-11-15(12-25-20)17-7-6-16(13-23-17)21(8-3-9-21)19-10-14-4-1-2-5-18(14)26-19/h1-2,4-7,10-13,26H,3,8-9H2,(H2,22,24,25). The molecule has 0 atom stereocenters. The highest BCUT2D eigenvalue weighted by atomic mass is 15.0. The summed E-state index contributed by atoms with van der Waals surface area (Å²) in [6.45, 7) is 0. The monoisotopic (exact) mass is 341 g/mol. The lowest BCUT2D eigenvalue weighted by Crippen LogP contribution is -2.35. The number of nitrogens with one attached hydrogen (secondary N) is 1. The second kappa shape index (κ2) is 5.66. The third-order valence-corrected chi connectivity index (χ3v) is 5.54. The molecule has 1 aliphatic rings. The van der Waals surface area contributed by atoms with Crippen LogP contribution in [-0.2, 0) is 5.41 Å². The summed E-state index contributed by atoms with van der Waals surface area (Å²) in [4.78, 5) is 16.4. The number of pyridine rings is 1. The van der Waals surface area contributed by atoms with Crippen molar-refractivity contribution in [2.75, 3.05) is 5.73 Å². The van der Waals surface area contributed by atoms with Crippen molar-refractivity contribution in [2.24, 2.45) is 0 Å². The van der Waals surface area contributed by atoms with Gasteiger partial charge in [0.05, 0.1) is 5.69 Å². The van der Waals surface area contributed by atoms with Gasteiger partial charge in [-0.2, -0.15) is 0 Å². The van der Waals surface area contributed by atoms with Gasteiger partial charge >= 0.3 is 0 Å². The Labute approximate surface area is 151 Å². The molecule has 1 saturated carbocycles. The Bertz CT molecular complexity index is 1030. The SMILES string of the molecule is Nc1ncc(-c2ccc(C3(c4cc5ccccc5[nH]4)CCC3)cn2)cn1. The molecular formula is C21H19N5. The maximum absolute atomic E-state index is 5.56. The average molecular weight is 341 g/mol. The fraction of sp³-hybridized carbons (Fsp3) is 0.190. The molecule has 0 spiro atoms. The molecule has 5 rings (SSSR count). The molecule has 0 radical (unpaired) electrons. The first kappa shape index (κ1) is 15.1.